The van der Waals surface area contributed by atoms with E-state index in [4.69, 9.17) is 4.74 Å². The second-order valence-corrected chi connectivity index (χ2v) is 9.44. The van der Waals surface area contributed by atoms with Crippen LogP contribution in [0.25, 0.3) is 17.3 Å². The van der Waals surface area contributed by atoms with Gasteiger partial charge in [0.25, 0.3) is 0 Å². The van der Waals surface area contributed by atoms with E-state index in [1.165, 1.54) is 9.71 Å². The van der Waals surface area contributed by atoms with E-state index in [1.807, 2.05) is 67.6 Å². The third kappa shape index (κ3) is 4.98. The molecule has 0 radical (unpaired) electrons. The van der Waals surface area contributed by atoms with Crippen LogP contribution in [-0.2, 0) is 10.0 Å². The average Bonchev–Trinajstić information content (AvgIpc) is 2.84. The predicted octanol–water partition coefficient (Wildman–Crippen LogP) is 3.58. The summed E-state index contributed by atoms with van der Waals surface area (Å²) in [5.74, 6) is 1.47. The number of ether oxygens (including phenoxy) is 1. The van der Waals surface area contributed by atoms with E-state index in [0.717, 1.165) is 34.0 Å². The van der Waals surface area contributed by atoms with Gasteiger partial charge in [-0.05, 0) is 42.8 Å². The van der Waals surface area contributed by atoms with Gasteiger partial charge in [-0.1, -0.05) is 42.0 Å². The molecule has 0 bridgehead atoms. The van der Waals surface area contributed by atoms with Gasteiger partial charge in [-0.25, -0.2) is 8.42 Å². The minimum Gasteiger partial charge on any atom is -0.496 e. The van der Waals surface area contributed by atoms with Gasteiger partial charge < -0.3 is 9.64 Å². The Morgan fingerprint density at radius 1 is 0.906 bits per heavy atom. The molecule has 8 heteroatoms. The number of sulfonamides is 1. The molecule has 0 spiro atoms. The lowest BCUT2D eigenvalue weighted by atomic mass is 10.1. The number of hydrogen-bond donors (Lipinski definition) is 0. The fourth-order valence-electron chi connectivity index (χ4n) is 3.59. The van der Waals surface area contributed by atoms with Gasteiger partial charge in [0.2, 0.25) is 10.0 Å². The molecule has 3 aromatic rings. The highest BCUT2D eigenvalue weighted by molar-refractivity contribution is 7.92. The van der Waals surface area contributed by atoms with Crippen LogP contribution in [0.3, 0.4) is 0 Å². The first kappa shape index (κ1) is 22.0. The van der Waals surface area contributed by atoms with Crippen molar-refractivity contribution in [1.29, 1.82) is 0 Å². The Morgan fingerprint density at radius 2 is 1.62 bits per heavy atom. The predicted molar refractivity (Wildman–Crippen MR) is 127 cm³/mol. The molecule has 4 rings (SSSR count). The topological polar surface area (TPSA) is 75.6 Å². The van der Waals surface area contributed by atoms with E-state index in [1.54, 1.807) is 13.2 Å². The smallest absolute Gasteiger partial charge is 0.236 e. The van der Waals surface area contributed by atoms with Crippen LogP contribution in [0.2, 0.25) is 0 Å². The Balaban J connectivity index is 1.39. The summed E-state index contributed by atoms with van der Waals surface area (Å²) in [5.41, 5.74) is 3.61. The summed E-state index contributed by atoms with van der Waals surface area (Å²) in [6, 6.07) is 19.2. The fraction of sp³-hybridized carbons (Fsp3) is 0.250. The maximum atomic E-state index is 12.7. The molecule has 1 aromatic heterocycles. The van der Waals surface area contributed by atoms with Gasteiger partial charge in [0.1, 0.15) is 5.75 Å². The molecule has 1 aliphatic heterocycles. The van der Waals surface area contributed by atoms with E-state index in [0.29, 0.717) is 26.2 Å². The number of hydrogen-bond acceptors (Lipinski definition) is 6. The van der Waals surface area contributed by atoms with Crippen LogP contribution in [0, 0.1) is 6.92 Å². The van der Waals surface area contributed by atoms with Crippen LogP contribution in [0.1, 0.15) is 11.1 Å². The number of aromatic nitrogens is 2. The van der Waals surface area contributed by atoms with Crippen LogP contribution in [0.15, 0.2) is 66.1 Å². The second-order valence-electron chi connectivity index (χ2n) is 7.62. The number of piperazine rings is 1. The van der Waals surface area contributed by atoms with Gasteiger partial charge in [-0.3, -0.25) is 0 Å². The van der Waals surface area contributed by atoms with Crippen molar-refractivity contribution < 1.29 is 13.2 Å². The molecule has 1 saturated heterocycles. The average molecular weight is 451 g/mol. The number of methoxy groups -OCH3 is 1. The number of rotatable bonds is 6. The molecular weight excluding hydrogens is 424 g/mol. The summed E-state index contributed by atoms with van der Waals surface area (Å²) in [4.78, 5) is 2.05. The van der Waals surface area contributed by atoms with Gasteiger partial charge >= 0.3 is 0 Å². The van der Waals surface area contributed by atoms with E-state index in [2.05, 4.69) is 15.1 Å². The number of aryl methyl sites for hydroxylation is 1. The lowest BCUT2D eigenvalue weighted by Gasteiger charge is -2.33. The van der Waals surface area contributed by atoms with Crippen LogP contribution in [-0.4, -0.2) is 56.2 Å². The molecule has 0 amide bonds. The Morgan fingerprint density at radius 3 is 2.28 bits per heavy atom. The molecule has 166 valence electrons. The number of para-hydroxylation sites is 1. The minimum absolute atomic E-state index is 0.399. The van der Waals surface area contributed by atoms with E-state index >= 15 is 0 Å². The maximum absolute atomic E-state index is 12.7. The lowest BCUT2D eigenvalue weighted by Crippen LogP contribution is -2.48. The van der Waals surface area contributed by atoms with Crippen LogP contribution in [0.5, 0.6) is 5.75 Å². The summed E-state index contributed by atoms with van der Waals surface area (Å²) in [5, 5.41) is 10.0. The molecule has 0 N–H and O–H groups in total. The zero-order valence-corrected chi connectivity index (χ0v) is 19.0. The fourth-order valence-corrected chi connectivity index (χ4v) is 4.77. The highest BCUT2D eigenvalue weighted by atomic mass is 32.2. The summed E-state index contributed by atoms with van der Waals surface area (Å²) < 4.78 is 32.3. The van der Waals surface area contributed by atoms with Crippen molar-refractivity contribution >= 4 is 21.9 Å². The minimum atomic E-state index is -3.47. The van der Waals surface area contributed by atoms with Gasteiger partial charge in [0, 0.05) is 37.2 Å². The molecular formula is C24H26N4O3S. The first-order valence-corrected chi connectivity index (χ1v) is 11.9. The first-order valence-electron chi connectivity index (χ1n) is 10.4. The summed E-state index contributed by atoms with van der Waals surface area (Å²) >= 11 is 0. The van der Waals surface area contributed by atoms with Crippen molar-refractivity contribution in [3.05, 3.63) is 77.2 Å². The highest BCUT2D eigenvalue weighted by Crippen LogP contribution is 2.28. The summed E-state index contributed by atoms with van der Waals surface area (Å²) in [6.45, 7) is 3.91. The van der Waals surface area contributed by atoms with E-state index in [9.17, 15) is 8.42 Å². The van der Waals surface area contributed by atoms with E-state index in [-0.39, 0.29) is 0 Å². The van der Waals surface area contributed by atoms with Crippen molar-refractivity contribution in [2.75, 3.05) is 38.2 Å². The Labute approximate surface area is 189 Å². The van der Waals surface area contributed by atoms with Crippen molar-refractivity contribution in [3.63, 3.8) is 0 Å². The van der Waals surface area contributed by atoms with Crippen LogP contribution in [0.4, 0.5) is 5.82 Å². The lowest BCUT2D eigenvalue weighted by molar-refractivity contribution is 0.388. The molecule has 0 atom stereocenters. The Hall–Kier alpha value is -3.23. The molecule has 2 aromatic carbocycles. The standard InChI is InChI=1S/C24H26N4O3S/c1-19-7-9-20(10-8-19)13-18-32(29,30)28-16-14-27(15-17-28)24-12-11-22(25-26-24)21-5-3-4-6-23(21)31-2/h3-13,18H,14-17H2,1-2H3/b18-13-. The molecule has 0 aliphatic carbocycles. The Kier molecular flexibility index (Phi) is 6.53. The van der Waals surface area contributed by atoms with Crippen LogP contribution < -0.4 is 9.64 Å². The summed E-state index contributed by atoms with van der Waals surface area (Å²) in [6.07, 6.45) is 1.64. The van der Waals surface area contributed by atoms with Crippen molar-refractivity contribution in [1.82, 2.24) is 14.5 Å². The largest absolute Gasteiger partial charge is 0.496 e. The highest BCUT2D eigenvalue weighted by Gasteiger charge is 2.26. The molecule has 1 fully saturated rings. The molecule has 7 nitrogen and oxygen atoms in total. The molecule has 0 unspecified atom stereocenters. The van der Waals surface area contributed by atoms with Crippen molar-refractivity contribution in [2.24, 2.45) is 0 Å². The molecule has 32 heavy (non-hydrogen) atoms. The molecule has 2 heterocycles. The third-order valence-corrected chi connectivity index (χ3v) is 7.03. The van der Waals surface area contributed by atoms with Gasteiger partial charge in [-0.15, -0.1) is 10.2 Å². The second kappa shape index (κ2) is 9.50. The third-order valence-electron chi connectivity index (χ3n) is 5.47. The number of anilines is 1. The van der Waals surface area contributed by atoms with Gasteiger partial charge in [-0.2, -0.15) is 4.31 Å². The monoisotopic (exact) mass is 450 g/mol. The Bertz CT molecular complexity index is 1180. The van der Waals surface area contributed by atoms with E-state index < -0.39 is 10.0 Å². The number of benzene rings is 2. The van der Waals surface area contributed by atoms with Crippen molar-refractivity contribution in [2.45, 2.75) is 6.92 Å². The quantitative estimate of drug-likeness (QED) is 0.571. The summed E-state index contributed by atoms with van der Waals surface area (Å²) in [7, 11) is -1.84. The van der Waals surface area contributed by atoms with Gasteiger partial charge in [0.15, 0.2) is 5.82 Å². The SMILES string of the molecule is COc1ccccc1-c1ccc(N2CCN(S(=O)(=O)/C=C\c3ccc(C)cc3)CC2)nn1. The zero-order chi connectivity index (χ0) is 22.6. The first-order chi connectivity index (χ1) is 15.5. The molecule has 0 saturated carbocycles. The van der Waals surface area contributed by atoms with Crippen molar-refractivity contribution in [3.8, 4) is 17.0 Å². The molecule has 1 aliphatic rings. The van der Waals surface area contributed by atoms with Gasteiger partial charge in [0.05, 0.1) is 12.8 Å². The normalized spacial score (nSPS) is 15.2. The zero-order valence-electron chi connectivity index (χ0n) is 18.2. The number of nitrogens with zero attached hydrogens (tertiary/aromatic N) is 4. The maximum Gasteiger partial charge on any atom is 0.236 e. The van der Waals surface area contributed by atoms with Crippen LogP contribution >= 0.6 is 0 Å².